The van der Waals surface area contributed by atoms with E-state index >= 15 is 0 Å². The minimum atomic E-state index is 0.143. The number of hydrogen-bond acceptors (Lipinski definition) is 5. The number of morpholine rings is 1. The van der Waals surface area contributed by atoms with Gasteiger partial charge in [-0.25, -0.2) is 9.97 Å². The Hall–Kier alpha value is -2.47. The second-order valence-corrected chi connectivity index (χ2v) is 8.85. The van der Waals surface area contributed by atoms with Gasteiger partial charge in [0.25, 0.3) is 0 Å². The molecule has 4 rings (SSSR count). The van der Waals surface area contributed by atoms with Gasteiger partial charge in [0.2, 0.25) is 5.91 Å². The van der Waals surface area contributed by atoms with Crippen molar-refractivity contribution in [3.63, 3.8) is 0 Å². The van der Waals surface area contributed by atoms with E-state index in [0.717, 1.165) is 73.8 Å². The number of hydrogen-bond donors (Lipinski definition) is 0. The molecule has 0 radical (unpaired) electrons. The molecule has 0 unspecified atom stereocenters. The third-order valence-electron chi connectivity index (χ3n) is 6.14. The summed E-state index contributed by atoms with van der Waals surface area (Å²) in [5.41, 5.74) is 3.21. The van der Waals surface area contributed by atoms with Crippen molar-refractivity contribution in [2.45, 2.75) is 71.6 Å². The first-order valence-electron chi connectivity index (χ1n) is 11.7. The van der Waals surface area contributed by atoms with Gasteiger partial charge in [-0.15, -0.1) is 0 Å². The minimum Gasteiger partial charge on any atom is -0.372 e. The third kappa shape index (κ3) is 5.06. The van der Waals surface area contributed by atoms with E-state index in [1.165, 1.54) is 0 Å². The molecule has 0 bridgehead atoms. The van der Waals surface area contributed by atoms with Crippen molar-refractivity contribution in [1.29, 1.82) is 0 Å². The molecule has 0 aliphatic carbocycles. The van der Waals surface area contributed by atoms with Gasteiger partial charge in [-0.05, 0) is 20.3 Å². The smallest absolute Gasteiger partial charge is 0.222 e. The molecule has 2 aromatic rings. The summed E-state index contributed by atoms with van der Waals surface area (Å²) < 4.78 is 5.96. The van der Waals surface area contributed by atoms with Crippen molar-refractivity contribution in [1.82, 2.24) is 14.9 Å². The van der Waals surface area contributed by atoms with E-state index in [4.69, 9.17) is 14.7 Å². The van der Waals surface area contributed by atoms with Gasteiger partial charge in [-0.3, -0.25) is 4.79 Å². The van der Waals surface area contributed by atoms with Crippen LogP contribution in [0.2, 0.25) is 0 Å². The zero-order valence-corrected chi connectivity index (χ0v) is 19.0. The van der Waals surface area contributed by atoms with Crippen molar-refractivity contribution in [2.24, 2.45) is 0 Å². The average Bonchev–Trinajstić information content (AvgIpc) is 2.78. The second-order valence-electron chi connectivity index (χ2n) is 8.85. The first-order valence-corrected chi connectivity index (χ1v) is 11.7. The second kappa shape index (κ2) is 9.77. The topological polar surface area (TPSA) is 58.6 Å². The Morgan fingerprint density at radius 2 is 1.84 bits per heavy atom. The van der Waals surface area contributed by atoms with Crippen molar-refractivity contribution in [3.05, 3.63) is 41.6 Å². The maximum Gasteiger partial charge on any atom is 0.222 e. The molecule has 2 aliphatic heterocycles. The molecule has 166 valence electrons. The number of nitrogens with zero attached hydrogens (tertiary/aromatic N) is 4. The van der Waals surface area contributed by atoms with Crippen LogP contribution in [0.1, 0.15) is 57.7 Å². The maximum absolute atomic E-state index is 12.8. The molecule has 31 heavy (non-hydrogen) atoms. The average molecular weight is 423 g/mol. The highest BCUT2D eigenvalue weighted by Gasteiger charge is 2.31. The standard InChI is InChI=1S/C25H34N4O2/c1-4-5-7-12-23(30)28-14-13-22-21(17-28)25(29-15-18(2)31-19(3)16-29)27-24(26-22)20-10-8-6-9-11-20/h6,8-11,18-19H,4-5,7,12-17H2,1-3H3/t18-,19-/m0/s1. The molecule has 3 heterocycles. The fourth-order valence-corrected chi connectivity index (χ4v) is 4.62. The SMILES string of the molecule is CCCCCC(=O)N1CCc2nc(-c3ccccc3)nc(N3C[C@H](C)O[C@@H](C)C3)c2C1. The van der Waals surface area contributed by atoms with E-state index < -0.39 is 0 Å². The number of unbranched alkanes of at least 4 members (excludes halogenated alkanes) is 2. The van der Waals surface area contributed by atoms with Gasteiger partial charge < -0.3 is 14.5 Å². The Labute approximate surface area is 185 Å². The first-order chi connectivity index (χ1) is 15.0. The Morgan fingerprint density at radius 1 is 1.10 bits per heavy atom. The van der Waals surface area contributed by atoms with Gasteiger partial charge in [0, 0.05) is 43.6 Å². The largest absolute Gasteiger partial charge is 0.372 e. The van der Waals surface area contributed by atoms with Crippen LogP contribution in [0.5, 0.6) is 0 Å². The van der Waals surface area contributed by atoms with E-state index in [1.807, 2.05) is 23.1 Å². The molecule has 0 saturated carbocycles. The number of fused-ring (bicyclic) bond motifs is 1. The molecular formula is C25H34N4O2. The molecule has 1 amide bonds. The van der Waals surface area contributed by atoms with Crippen LogP contribution < -0.4 is 4.90 Å². The van der Waals surface area contributed by atoms with Crippen molar-refractivity contribution in [2.75, 3.05) is 24.5 Å². The molecular weight excluding hydrogens is 388 g/mol. The van der Waals surface area contributed by atoms with Crippen LogP contribution in [-0.2, 0) is 22.5 Å². The molecule has 6 heteroatoms. The zero-order chi connectivity index (χ0) is 21.8. The first kappa shape index (κ1) is 21.8. The molecule has 1 aromatic carbocycles. The highest BCUT2D eigenvalue weighted by atomic mass is 16.5. The quantitative estimate of drug-likeness (QED) is 0.652. The van der Waals surface area contributed by atoms with E-state index in [0.29, 0.717) is 13.0 Å². The number of aromatic nitrogens is 2. The summed E-state index contributed by atoms with van der Waals surface area (Å²) in [5, 5.41) is 0. The predicted molar refractivity (Wildman–Crippen MR) is 123 cm³/mol. The van der Waals surface area contributed by atoms with Gasteiger partial charge >= 0.3 is 0 Å². The lowest BCUT2D eigenvalue weighted by atomic mass is 10.0. The van der Waals surface area contributed by atoms with Gasteiger partial charge in [0.1, 0.15) is 5.82 Å². The van der Waals surface area contributed by atoms with Crippen LogP contribution in [0.3, 0.4) is 0 Å². The van der Waals surface area contributed by atoms with E-state index in [-0.39, 0.29) is 18.1 Å². The van der Waals surface area contributed by atoms with Crippen LogP contribution in [-0.4, -0.2) is 52.6 Å². The Bertz CT molecular complexity index is 892. The highest BCUT2D eigenvalue weighted by Crippen LogP contribution is 2.31. The van der Waals surface area contributed by atoms with Crippen LogP contribution in [0.15, 0.2) is 30.3 Å². The van der Waals surface area contributed by atoms with Crippen LogP contribution in [0.4, 0.5) is 5.82 Å². The summed E-state index contributed by atoms with van der Waals surface area (Å²) in [4.78, 5) is 27.1. The van der Waals surface area contributed by atoms with E-state index in [2.05, 4.69) is 37.8 Å². The third-order valence-corrected chi connectivity index (χ3v) is 6.14. The van der Waals surface area contributed by atoms with E-state index in [1.54, 1.807) is 0 Å². The fraction of sp³-hybridized carbons (Fsp3) is 0.560. The van der Waals surface area contributed by atoms with Crippen molar-refractivity contribution < 1.29 is 9.53 Å². The molecule has 2 aliphatic rings. The Morgan fingerprint density at radius 3 is 2.55 bits per heavy atom. The van der Waals surface area contributed by atoms with Crippen LogP contribution in [0.25, 0.3) is 11.4 Å². The van der Waals surface area contributed by atoms with Crippen molar-refractivity contribution in [3.8, 4) is 11.4 Å². The molecule has 1 saturated heterocycles. The van der Waals surface area contributed by atoms with Gasteiger partial charge in [0.15, 0.2) is 5.82 Å². The monoisotopic (exact) mass is 422 g/mol. The van der Waals surface area contributed by atoms with Gasteiger partial charge in [-0.2, -0.15) is 0 Å². The number of carbonyl (C=O) groups excluding carboxylic acids is 1. The summed E-state index contributed by atoms with van der Waals surface area (Å²) in [7, 11) is 0. The summed E-state index contributed by atoms with van der Waals surface area (Å²) in [6, 6.07) is 10.2. The summed E-state index contributed by atoms with van der Waals surface area (Å²) in [6.45, 7) is 9.32. The lowest BCUT2D eigenvalue weighted by Gasteiger charge is -2.39. The lowest BCUT2D eigenvalue weighted by molar-refractivity contribution is -0.132. The maximum atomic E-state index is 12.8. The predicted octanol–water partition coefficient (Wildman–Crippen LogP) is 4.22. The number of rotatable bonds is 6. The summed E-state index contributed by atoms with van der Waals surface area (Å²) >= 11 is 0. The highest BCUT2D eigenvalue weighted by molar-refractivity contribution is 5.77. The molecule has 1 aromatic heterocycles. The molecule has 6 nitrogen and oxygen atoms in total. The number of anilines is 1. The summed E-state index contributed by atoms with van der Waals surface area (Å²) in [5.74, 6) is 1.99. The Balaban J connectivity index is 1.67. The number of carbonyl (C=O) groups is 1. The van der Waals surface area contributed by atoms with Crippen LogP contribution in [0, 0.1) is 0 Å². The van der Waals surface area contributed by atoms with E-state index in [9.17, 15) is 4.79 Å². The lowest BCUT2D eigenvalue weighted by Crippen LogP contribution is -2.47. The number of ether oxygens (including phenoxy) is 1. The van der Waals surface area contributed by atoms with Crippen LogP contribution >= 0.6 is 0 Å². The number of benzene rings is 1. The summed E-state index contributed by atoms with van der Waals surface area (Å²) in [6.07, 6.45) is 4.90. The molecule has 1 fully saturated rings. The zero-order valence-electron chi connectivity index (χ0n) is 19.0. The normalized spacial score (nSPS) is 21.1. The van der Waals surface area contributed by atoms with Crippen molar-refractivity contribution >= 4 is 11.7 Å². The molecule has 0 spiro atoms. The minimum absolute atomic E-state index is 0.143. The molecule has 0 N–H and O–H groups in total. The number of amides is 1. The van der Waals surface area contributed by atoms with Gasteiger partial charge in [-0.1, -0.05) is 50.1 Å². The van der Waals surface area contributed by atoms with Gasteiger partial charge in [0.05, 0.1) is 24.4 Å². The fourth-order valence-electron chi connectivity index (χ4n) is 4.62. The Kier molecular flexibility index (Phi) is 6.86. The molecule has 2 atom stereocenters.